The molecule has 0 aliphatic carbocycles. The van der Waals surface area contributed by atoms with Crippen molar-refractivity contribution in [1.29, 1.82) is 0 Å². The van der Waals surface area contributed by atoms with Crippen molar-refractivity contribution in [3.63, 3.8) is 0 Å². The Bertz CT molecular complexity index is 1410. The number of rotatable bonds is 7. The predicted molar refractivity (Wildman–Crippen MR) is 135 cm³/mol. The highest BCUT2D eigenvalue weighted by Gasteiger charge is 2.24. The largest absolute Gasteiger partial charge is 0.462 e. The lowest BCUT2D eigenvalue weighted by Crippen LogP contribution is -2.31. The summed E-state index contributed by atoms with van der Waals surface area (Å²) in [5, 5.41) is 7.28. The highest BCUT2D eigenvalue weighted by molar-refractivity contribution is 6.10. The van der Waals surface area contributed by atoms with Crippen LogP contribution >= 0.6 is 0 Å². The quantitative estimate of drug-likeness (QED) is 0.389. The van der Waals surface area contributed by atoms with Crippen molar-refractivity contribution in [3.8, 4) is 22.4 Å². The van der Waals surface area contributed by atoms with Gasteiger partial charge >= 0.3 is 5.97 Å². The molecule has 7 heteroatoms. The molecule has 0 saturated carbocycles. The summed E-state index contributed by atoms with van der Waals surface area (Å²) in [4.78, 5) is 39.0. The van der Waals surface area contributed by atoms with Gasteiger partial charge in [0.2, 0.25) is 0 Å². The number of esters is 1. The molecule has 176 valence electrons. The standard InChI is InChI=1S/C28H25N3O4/c1-3-17-35-28(34)21-15-10-16-22(18-21)29-26(32)24-23(19-11-6-4-7-12-19)25(30-31(2)27(24)33)20-13-8-5-9-14-20/h4-16,18H,3,17H2,1-2H3,(H,29,32). The number of benzene rings is 3. The van der Waals surface area contributed by atoms with Crippen LogP contribution in [0.5, 0.6) is 0 Å². The number of ether oxygens (including phenoxy) is 1. The Morgan fingerprint density at radius 2 is 1.57 bits per heavy atom. The number of nitrogens with one attached hydrogen (secondary N) is 1. The van der Waals surface area contributed by atoms with E-state index in [0.29, 0.717) is 41.1 Å². The molecular weight excluding hydrogens is 442 g/mol. The molecule has 0 fully saturated rings. The lowest BCUT2D eigenvalue weighted by molar-refractivity contribution is 0.0505. The molecule has 0 unspecified atom stereocenters. The summed E-state index contributed by atoms with van der Waals surface area (Å²) in [6, 6.07) is 25.1. The van der Waals surface area contributed by atoms with Gasteiger partial charge in [-0.2, -0.15) is 5.10 Å². The third kappa shape index (κ3) is 5.19. The van der Waals surface area contributed by atoms with Crippen molar-refractivity contribution in [1.82, 2.24) is 9.78 Å². The zero-order valence-electron chi connectivity index (χ0n) is 19.5. The lowest BCUT2D eigenvalue weighted by atomic mass is 9.95. The van der Waals surface area contributed by atoms with E-state index in [1.807, 2.05) is 67.6 Å². The molecule has 4 aromatic rings. The first-order valence-corrected chi connectivity index (χ1v) is 11.3. The predicted octanol–water partition coefficient (Wildman–Crippen LogP) is 4.93. The monoisotopic (exact) mass is 467 g/mol. The molecular formula is C28H25N3O4. The van der Waals surface area contributed by atoms with Crippen LogP contribution in [-0.2, 0) is 11.8 Å². The maximum Gasteiger partial charge on any atom is 0.338 e. The molecule has 1 amide bonds. The van der Waals surface area contributed by atoms with E-state index >= 15 is 0 Å². The summed E-state index contributed by atoms with van der Waals surface area (Å²) < 4.78 is 6.35. The summed E-state index contributed by atoms with van der Waals surface area (Å²) in [6.45, 7) is 2.22. The van der Waals surface area contributed by atoms with Gasteiger partial charge in [0.15, 0.2) is 0 Å². The van der Waals surface area contributed by atoms with Crippen LogP contribution in [0.2, 0.25) is 0 Å². The van der Waals surface area contributed by atoms with Crippen molar-refractivity contribution < 1.29 is 14.3 Å². The van der Waals surface area contributed by atoms with Crippen LogP contribution in [0.15, 0.2) is 89.7 Å². The van der Waals surface area contributed by atoms with Gasteiger partial charge in [-0.3, -0.25) is 9.59 Å². The topological polar surface area (TPSA) is 90.3 Å². The van der Waals surface area contributed by atoms with Gasteiger partial charge < -0.3 is 10.1 Å². The van der Waals surface area contributed by atoms with Crippen molar-refractivity contribution in [2.45, 2.75) is 13.3 Å². The second-order valence-electron chi connectivity index (χ2n) is 7.93. The van der Waals surface area contributed by atoms with Crippen LogP contribution in [0.4, 0.5) is 5.69 Å². The molecule has 0 aliphatic heterocycles. The van der Waals surface area contributed by atoms with Crippen LogP contribution in [0.1, 0.15) is 34.1 Å². The molecule has 0 spiro atoms. The zero-order valence-corrected chi connectivity index (χ0v) is 19.5. The summed E-state index contributed by atoms with van der Waals surface area (Å²) in [7, 11) is 1.52. The number of hydrogen-bond acceptors (Lipinski definition) is 5. The van der Waals surface area contributed by atoms with E-state index in [4.69, 9.17) is 4.74 Å². The Morgan fingerprint density at radius 1 is 0.914 bits per heavy atom. The van der Waals surface area contributed by atoms with Gasteiger partial charge in [-0.25, -0.2) is 9.48 Å². The highest BCUT2D eigenvalue weighted by atomic mass is 16.5. The summed E-state index contributed by atoms with van der Waals surface area (Å²) in [6.07, 6.45) is 0.708. The second-order valence-corrected chi connectivity index (χ2v) is 7.93. The normalized spacial score (nSPS) is 10.6. The number of anilines is 1. The fourth-order valence-electron chi connectivity index (χ4n) is 3.72. The average Bonchev–Trinajstić information content (AvgIpc) is 2.89. The second kappa shape index (κ2) is 10.6. The van der Waals surface area contributed by atoms with E-state index in [2.05, 4.69) is 10.4 Å². The molecule has 1 aromatic heterocycles. The third-order valence-corrected chi connectivity index (χ3v) is 5.37. The van der Waals surface area contributed by atoms with Crippen LogP contribution < -0.4 is 10.9 Å². The van der Waals surface area contributed by atoms with Gasteiger partial charge in [0.25, 0.3) is 11.5 Å². The minimum atomic E-state index is -0.594. The Kier molecular flexibility index (Phi) is 7.16. The number of amides is 1. The van der Waals surface area contributed by atoms with E-state index < -0.39 is 17.4 Å². The number of nitrogens with zero attached hydrogens (tertiary/aromatic N) is 2. The molecule has 7 nitrogen and oxygen atoms in total. The van der Waals surface area contributed by atoms with Crippen molar-refractivity contribution >= 4 is 17.6 Å². The van der Waals surface area contributed by atoms with Gasteiger partial charge in [0, 0.05) is 23.9 Å². The Morgan fingerprint density at radius 3 is 2.23 bits per heavy atom. The number of hydrogen-bond donors (Lipinski definition) is 1. The van der Waals surface area contributed by atoms with Crippen molar-refractivity contribution in [2.75, 3.05) is 11.9 Å². The van der Waals surface area contributed by atoms with E-state index in [9.17, 15) is 14.4 Å². The van der Waals surface area contributed by atoms with Gasteiger partial charge in [0.1, 0.15) is 5.56 Å². The van der Waals surface area contributed by atoms with Crippen LogP contribution in [0, 0.1) is 0 Å². The molecule has 0 bridgehead atoms. The smallest absolute Gasteiger partial charge is 0.338 e. The van der Waals surface area contributed by atoms with E-state index in [-0.39, 0.29) is 5.56 Å². The molecule has 0 radical (unpaired) electrons. The minimum Gasteiger partial charge on any atom is -0.462 e. The van der Waals surface area contributed by atoms with Crippen molar-refractivity contribution in [2.24, 2.45) is 7.05 Å². The molecule has 0 aliphatic rings. The number of carbonyl (C=O) groups is 2. The molecule has 3 aromatic carbocycles. The Balaban J connectivity index is 1.81. The molecule has 35 heavy (non-hydrogen) atoms. The average molecular weight is 468 g/mol. The first kappa shape index (κ1) is 23.6. The minimum absolute atomic E-state index is 0.0356. The Labute approximate surface area is 203 Å². The number of aromatic nitrogens is 2. The summed E-state index contributed by atoms with van der Waals surface area (Å²) in [5.41, 5.74) is 2.55. The van der Waals surface area contributed by atoms with E-state index in [1.165, 1.54) is 17.8 Å². The third-order valence-electron chi connectivity index (χ3n) is 5.37. The zero-order chi connectivity index (χ0) is 24.8. The molecule has 1 N–H and O–H groups in total. The number of carbonyl (C=O) groups excluding carboxylic acids is 2. The fraction of sp³-hybridized carbons (Fsp3) is 0.143. The van der Waals surface area contributed by atoms with Gasteiger partial charge in [0.05, 0.1) is 17.9 Å². The SMILES string of the molecule is CCCOC(=O)c1cccc(NC(=O)c2c(-c3ccccc3)c(-c3ccccc3)nn(C)c2=O)c1. The maximum atomic E-state index is 13.5. The maximum absolute atomic E-state index is 13.5. The summed E-state index contributed by atoms with van der Waals surface area (Å²) in [5.74, 6) is -1.07. The Hall–Kier alpha value is -4.52. The summed E-state index contributed by atoms with van der Waals surface area (Å²) >= 11 is 0. The van der Waals surface area contributed by atoms with Gasteiger partial charge in [-0.15, -0.1) is 0 Å². The van der Waals surface area contributed by atoms with E-state index in [0.717, 1.165) is 5.56 Å². The molecule has 1 heterocycles. The van der Waals surface area contributed by atoms with E-state index in [1.54, 1.807) is 18.2 Å². The number of aryl methyl sites for hydroxylation is 1. The van der Waals surface area contributed by atoms with Crippen molar-refractivity contribution in [3.05, 3.63) is 106 Å². The highest BCUT2D eigenvalue weighted by Crippen LogP contribution is 2.32. The van der Waals surface area contributed by atoms with Gasteiger partial charge in [-0.05, 0) is 30.2 Å². The van der Waals surface area contributed by atoms with Gasteiger partial charge in [-0.1, -0.05) is 73.7 Å². The molecule has 0 saturated heterocycles. The molecule has 4 rings (SSSR count). The van der Waals surface area contributed by atoms with Crippen LogP contribution in [0.3, 0.4) is 0 Å². The lowest BCUT2D eigenvalue weighted by Gasteiger charge is -2.16. The first-order chi connectivity index (χ1) is 17.0. The molecule has 0 atom stereocenters. The first-order valence-electron chi connectivity index (χ1n) is 11.3. The van der Waals surface area contributed by atoms with Crippen LogP contribution in [0.25, 0.3) is 22.4 Å². The fourth-order valence-corrected chi connectivity index (χ4v) is 3.72. The van der Waals surface area contributed by atoms with Crippen LogP contribution in [-0.4, -0.2) is 28.3 Å².